The van der Waals surface area contributed by atoms with E-state index in [0.717, 1.165) is 12.8 Å². The molecule has 1 amide bonds. The maximum Gasteiger partial charge on any atom is 0.289 e. The molecule has 9 heteroatoms. The van der Waals surface area contributed by atoms with Crippen molar-refractivity contribution in [1.29, 1.82) is 0 Å². The van der Waals surface area contributed by atoms with E-state index in [0.29, 0.717) is 6.54 Å². The monoisotopic (exact) mass is 341 g/mol. The van der Waals surface area contributed by atoms with Gasteiger partial charge < -0.3 is 5.32 Å². The first kappa shape index (κ1) is 17.4. The molecule has 0 spiro atoms. The van der Waals surface area contributed by atoms with Crippen LogP contribution in [0.1, 0.15) is 19.8 Å². The summed E-state index contributed by atoms with van der Waals surface area (Å²) in [4.78, 5) is 21.0. The van der Waals surface area contributed by atoms with Crippen LogP contribution in [0.2, 0.25) is 0 Å². The SMILES string of the molecule is CC(=O)NCCN(CC1CC1)S(=O)(=O)c1ccccc1[N+](=O)[O-]. The Labute approximate surface area is 134 Å². The minimum atomic E-state index is -3.99. The lowest BCUT2D eigenvalue weighted by Gasteiger charge is -2.22. The second kappa shape index (κ2) is 7.05. The first-order valence-electron chi connectivity index (χ1n) is 7.30. The number of amides is 1. The van der Waals surface area contributed by atoms with Gasteiger partial charge in [-0.15, -0.1) is 0 Å². The van der Waals surface area contributed by atoms with E-state index in [9.17, 15) is 23.3 Å². The van der Waals surface area contributed by atoms with E-state index in [1.54, 1.807) is 0 Å². The van der Waals surface area contributed by atoms with Crippen LogP contribution in [0.3, 0.4) is 0 Å². The highest BCUT2D eigenvalue weighted by atomic mass is 32.2. The number of sulfonamides is 1. The minimum absolute atomic E-state index is 0.0878. The summed E-state index contributed by atoms with van der Waals surface area (Å²) in [5.74, 6) is 0.0318. The molecule has 0 atom stereocenters. The zero-order valence-electron chi connectivity index (χ0n) is 12.8. The fraction of sp³-hybridized carbons (Fsp3) is 0.500. The van der Waals surface area contributed by atoms with Gasteiger partial charge in [-0.25, -0.2) is 8.42 Å². The lowest BCUT2D eigenvalue weighted by Crippen LogP contribution is -2.39. The van der Waals surface area contributed by atoms with E-state index in [4.69, 9.17) is 0 Å². The summed E-state index contributed by atoms with van der Waals surface area (Å²) < 4.78 is 26.8. The van der Waals surface area contributed by atoms with Gasteiger partial charge in [0, 0.05) is 32.6 Å². The number of benzene rings is 1. The molecule has 0 radical (unpaired) electrons. The molecule has 1 N–H and O–H groups in total. The van der Waals surface area contributed by atoms with Gasteiger partial charge in [-0.2, -0.15) is 4.31 Å². The van der Waals surface area contributed by atoms with Crippen molar-refractivity contribution in [2.75, 3.05) is 19.6 Å². The van der Waals surface area contributed by atoms with Gasteiger partial charge in [0.2, 0.25) is 15.9 Å². The molecule has 126 valence electrons. The van der Waals surface area contributed by atoms with Crippen LogP contribution in [0.15, 0.2) is 29.2 Å². The standard InChI is InChI=1S/C14H19N3O5S/c1-11(18)15-8-9-16(10-12-6-7-12)23(21,22)14-5-3-2-4-13(14)17(19)20/h2-5,12H,6-10H2,1H3,(H,15,18). The summed E-state index contributed by atoms with van der Waals surface area (Å²) in [5, 5.41) is 13.6. The van der Waals surface area contributed by atoms with Crippen molar-refractivity contribution in [2.45, 2.75) is 24.7 Å². The zero-order valence-corrected chi connectivity index (χ0v) is 13.6. The molecular weight excluding hydrogens is 322 g/mol. The van der Waals surface area contributed by atoms with E-state index in [2.05, 4.69) is 5.32 Å². The lowest BCUT2D eigenvalue weighted by molar-refractivity contribution is -0.387. The number of carbonyl (C=O) groups is 1. The molecule has 0 aromatic heterocycles. The summed E-state index contributed by atoms with van der Waals surface area (Å²) in [5.41, 5.74) is -0.437. The predicted octanol–water partition coefficient (Wildman–Crippen LogP) is 1.13. The number of nitrogens with zero attached hydrogens (tertiary/aromatic N) is 2. The summed E-state index contributed by atoms with van der Waals surface area (Å²) in [6.07, 6.45) is 1.89. The maximum absolute atomic E-state index is 12.8. The third kappa shape index (κ3) is 4.49. The first-order chi connectivity index (χ1) is 10.8. The van der Waals surface area contributed by atoms with Gasteiger partial charge in [-0.1, -0.05) is 12.1 Å². The summed E-state index contributed by atoms with van der Waals surface area (Å²) >= 11 is 0. The van der Waals surface area contributed by atoms with Gasteiger partial charge >= 0.3 is 0 Å². The van der Waals surface area contributed by atoms with E-state index >= 15 is 0 Å². The van der Waals surface area contributed by atoms with Crippen molar-refractivity contribution >= 4 is 21.6 Å². The average molecular weight is 341 g/mol. The van der Waals surface area contributed by atoms with Gasteiger partial charge in [0.25, 0.3) is 5.69 Å². The molecule has 1 aliphatic rings. The Bertz CT molecular complexity index is 700. The van der Waals surface area contributed by atoms with Gasteiger partial charge in [0.15, 0.2) is 4.90 Å². The predicted molar refractivity (Wildman–Crippen MR) is 83.3 cm³/mol. The molecule has 0 bridgehead atoms. The Balaban J connectivity index is 2.27. The minimum Gasteiger partial charge on any atom is -0.355 e. The third-order valence-corrected chi connectivity index (χ3v) is 5.49. The molecule has 8 nitrogen and oxygen atoms in total. The number of hydrogen-bond donors (Lipinski definition) is 1. The van der Waals surface area contributed by atoms with Crippen molar-refractivity contribution in [3.05, 3.63) is 34.4 Å². The first-order valence-corrected chi connectivity index (χ1v) is 8.74. The highest BCUT2D eigenvalue weighted by molar-refractivity contribution is 7.89. The quantitative estimate of drug-likeness (QED) is 0.563. The number of rotatable bonds is 8. The smallest absolute Gasteiger partial charge is 0.289 e. The van der Waals surface area contributed by atoms with Crippen LogP contribution in [0.25, 0.3) is 0 Å². The zero-order chi connectivity index (χ0) is 17.0. The van der Waals surface area contributed by atoms with Crippen molar-refractivity contribution in [1.82, 2.24) is 9.62 Å². The van der Waals surface area contributed by atoms with Crippen LogP contribution >= 0.6 is 0 Å². The molecule has 0 saturated heterocycles. The third-order valence-electron chi connectivity index (χ3n) is 3.57. The van der Waals surface area contributed by atoms with Gasteiger partial charge in [0.1, 0.15) is 0 Å². The number of carbonyl (C=O) groups excluding carboxylic acids is 1. The summed E-state index contributed by atoms with van der Waals surface area (Å²) in [6.45, 7) is 1.92. The highest BCUT2D eigenvalue weighted by Gasteiger charge is 2.35. The van der Waals surface area contributed by atoms with Gasteiger partial charge in [-0.05, 0) is 24.8 Å². The van der Waals surface area contributed by atoms with Crippen LogP contribution in [-0.2, 0) is 14.8 Å². The van der Waals surface area contributed by atoms with E-state index in [-0.39, 0.29) is 29.8 Å². The molecule has 1 fully saturated rings. The molecule has 2 rings (SSSR count). The average Bonchev–Trinajstić information content (AvgIpc) is 3.30. The molecule has 0 aliphatic heterocycles. The number of nitrogens with one attached hydrogen (secondary N) is 1. The summed E-state index contributed by atoms with van der Waals surface area (Å²) in [6, 6.07) is 5.31. The fourth-order valence-corrected chi connectivity index (χ4v) is 3.89. The number of nitro groups is 1. The number of nitro benzene ring substituents is 1. The maximum atomic E-state index is 12.8. The van der Waals surface area contributed by atoms with Crippen LogP contribution in [0, 0.1) is 16.0 Å². The van der Waals surface area contributed by atoms with Crippen molar-refractivity contribution < 1.29 is 18.1 Å². The molecule has 1 aliphatic carbocycles. The van der Waals surface area contributed by atoms with E-state index < -0.39 is 20.6 Å². The molecule has 1 aromatic rings. The van der Waals surface area contributed by atoms with Gasteiger partial charge in [-0.3, -0.25) is 14.9 Å². The van der Waals surface area contributed by atoms with E-state index in [1.165, 1.54) is 35.5 Å². The highest BCUT2D eigenvalue weighted by Crippen LogP contribution is 2.33. The van der Waals surface area contributed by atoms with Gasteiger partial charge in [0.05, 0.1) is 4.92 Å². The Hall–Kier alpha value is -2.00. The van der Waals surface area contributed by atoms with Crippen molar-refractivity contribution in [3.8, 4) is 0 Å². The molecule has 23 heavy (non-hydrogen) atoms. The largest absolute Gasteiger partial charge is 0.355 e. The second-order valence-corrected chi connectivity index (χ2v) is 7.42. The second-order valence-electron chi connectivity index (χ2n) is 5.51. The molecule has 1 aromatic carbocycles. The molecule has 1 saturated carbocycles. The van der Waals surface area contributed by atoms with Crippen LogP contribution in [0.4, 0.5) is 5.69 Å². The number of hydrogen-bond acceptors (Lipinski definition) is 5. The normalized spacial score (nSPS) is 14.7. The van der Waals surface area contributed by atoms with E-state index in [1.807, 2.05) is 0 Å². The van der Waals surface area contributed by atoms with Crippen LogP contribution < -0.4 is 5.32 Å². The van der Waals surface area contributed by atoms with Crippen molar-refractivity contribution in [2.24, 2.45) is 5.92 Å². The Morgan fingerprint density at radius 3 is 2.61 bits per heavy atom. The Morgan fingerprint density at radius 2 is 2.04 bits per heavy atom. The topological polar surface area (TPSA) is 110 Å². The molecule has 0 unspecified atom stereocenters. The summed E-state index contributed by atoms with van der Waals surface area (Å²) in [7, 11) is -3.99. The van der Waals surface area contributed by atoms with Crippen LogP contribution in [-0.4, -0.2) is 43.2 Å². The molecule has 0 heterocycles. The number of para-hydroxylation sites is 1. The molecular formula is C14H19N3O5S. The fourth-order valence-electron chi connectivity index (χ4n) is 2.22. The van der Waals surface area contributed by atoms with Crippen LogP contribution in [0.5, 0.6) is 0 Å². The van der Waals surface area contributed by atoms with Crippen molar-refractivity contribution in [3.63, 3.8) is 0 Å². The lowest BCUT2D eigenvalue weighted by atomic mass is 10.3. The Morgan fingerprint density at radius 1 is 1.39 bits per heavy atom. The Kier molecular flexibility index (Phi) is 5.32.